The molecule has 0 saturated heterocycles. The first-order valence-electron chi connectivity index (χ1n) is 3.86. The predicted octanol–water partition coefficient (Wildman–Crippen LogP) is 2.42. The topological polar surface area (TPSA) is 12.0 Å². The maximum absolute atomic E-state index is 5.59. The molecule has 0 amide bonds. The van der Waals surface area contributed by atoms with Crippen molar-refractivity contribution in [3.8, 4) is 0 Å². The summed E-state index contributed by atoms with van der Waals surface area (Å²) in [5.74, 6) is 0. The molecular weight excluding hydrogens is 158 g/mol. The van der Waals surface area contributed by atoms with Gasteiger partial charge in [0, 0.05) is 6.04 Å². The minimum Gasteiger partial charge on any atom is -0.226 e. The second-order valence-electron chi connectivity index (χ2n) is 2.90. The fourth-order valence-electron chi connectivity index (χ4n) is 1.67. The van der Waals surface area contributed by atoms with Crippen molar-refractivity contribution in [1.82, 2.24) is 4.84 Å². The Bertz CT molecular complexity index is 259. The number of nitrogens with one attached hydrogen (secondary N) is 1. The van der Waals surface area contributed by atoms with E-state index in [0.29, 0.717) is 6.04 Å². The molecule has 1 aromatic carbocycles. The Morgan fingerprint density at radius 2 is 2.18 bits per heavy atom. The van der Waals surface area contributed by atoms with Gasteiger partial charge in [-0.15, -0.1) is 0 Å². The van der Waals surface area contributed by atoms with Crippen molar-refractivity contribution in [3.05, 3.63) is 35.4 Å². The van der Waals surface area contributed by atoms with E-state index in [1.54, 1.807) is 0 Å². The summed E-state index contributed by atoms with van der Waals surface area (Å²) in [4.78, 5) is 2.79. The highest BCUT2D eigenvalue weighted by Gasteiger charge is 2.20. The van der Waals surface area contributed by atoms with Gasteiger partial charge in [-0.25, -0.2) is 4.84 Å². The van der Waals surface area contributed by atoms with Gasteiger partial charge in [0.25, 0.3) is 0 Å². The van der Waals surface area contributed by atoms with Crippen LogP contribution in [0.5, 0.6) is 0 Å². The number of aryl methyl sites for hydroxylation is 1. The Labute approximate surface area is 71.5 Å². The van der Waals surface area contributed by atoms with Gasteiger partial charge in [-0.3, -0.25) is 0 Å². The van der Waals surface area contributed by atoms with Gasteiger partial charge >= 0.3 is 0 Å². The second kappa shape index (κ2) is 2.84. The Morgan fingerprint density at radius 1 is 1.36 bits per heavy atom. The van der Waals surface area contributed by atoms with Gasteiger partial charge in [0.1, 0.15) is 0 Å². The van der Waals surface area contributed by atoms with E-state index in [1.165, 1.54) is 11.1 Å². The monoisotopic (exact) mass is 167 g/mol. The van der Waals surface area contributed by atoms with E-state index in [4.69, 9.17) is 11.8 Å². The summed E-state index contributed by atoms with van der Waals surface area (Å²) in [6, 6.07) is 8.82. The molecule has 0 radical (unpaired) electrons. The highest BCUT2D eigenvalue weighted by Crippen LogP contribution is 2.30. The summed E-state index contributed by atoms with van der Waals surface area (Å²) < 4.78 is 0. The van der Waals surface area contributed by atoms with E-state index in [-0.39, 0.29) is 0 Å². The van der Waals surface area contributed by atoms with Crippen LogP contribution in [-0.2, 0) is 6.42 Å². The zero-order chi connectivity index (χ0) is 7.68. The van der Waals surface area contributed by atoms with E-state index in [1.807, 2.05) is 0 Å². The fraction of sp³-hybridized carbons (Fsp3) is 0.333. The van der Waals surface area contributed by atoms with Crippen LogP contribution in [0.4, 0.5) is 0 Å². The molecule has 2 heteroatoms. The third-order valence-corrected chi connectivity index (χ3v) is 2.53. The van der Waals surface area contributed by atoms with E-state index >= 15 is 0 Å². The third-order valence-electron chi connectivity index (χ3n) is 2.26. The van der Waals surface area contributed by atoms with Crippen molar-refractivity contribution in [2.75, 3.05) is 0 Å². The Hall–Kier alpha value is -0.530. The van der Waals surface area contributed by atoms with Crippen LogP contribution < -0.4 is 4.84 Å². The van der Waals surface area contributed by atoms with Crippen molar-refractivity contribution in [3.63, 3.8) is 0 Å². The van der Waals surface area contributed by atoms with Crippen LogP contribution in [-0.4, -0.2) is 0 Å². The van der Waals surface area contributed by atoms with Crippen LogP contribution in [0.25, 0.3) is 0 Å². The molecule has 1 N–H and O–H groups in total. The normalized spacial score (nSPS) is 21.7. The van der Waals surface area contributed by atoms with Crippen LogP contribution in [0.2, 0.25) is 0 Å². The quantitative estimate of drug-likeness (QED) is 0.634. The molecule has 1 aromatic rings. The molecule has 1 unspecified atom stereocenters. The number of benzene rings is 1. The molecule has 0 saturated carbocycles. The minimum atomic E-state index is 0.368. The molecule has 1 atom stereocenters. The summed E-state index contributed by atoms with van der Waals surface area (Å²) in [6.45, 7) is 0. The predicted molar refractivity (Wildman–Crippen MR) is 46.5 cm³/mol. The lowest BCUT2D eigenvalue weighted by molar-refractivity contribution is 0.660. The average Bonchev–Trinajstić information content (AvgIpc) is 2.47. The lowest BCUT2D eigenvalue weighted by Gasteiger charge is -2.06. The van der Waals surface area contributed by atoms with Crippen molar-refractivity contribution < 1.29 is 0 Å². The molecule has 0 aromatic heterocycles. The number of halogens is 1. The number of hydrogen-bond donors (Lipinski definition) is 1. The second-order valence-corrected chi connectivity index (χ2v) is 3.12. The average molecular weight is 168 g/mol. The smallest absolute Gasteiger partial charge is 0.0476 e. The largest absolute Gasteiger partial charge is 0.226 e. The van der Waals surface area contributed by atoms with Gasteiger partial charge in [-0.1, -0.05) is 24.3 Å². The summed E-state index contributed by atoms with van der Waals surface area (Å²) in [6.07, 6.45) is 2.28. The van der Waals surface area contributed by atoms with Gasteiger partial charge in [-0.05, 0) is 35.7 Å². The maximum Gasteiger partial charge on any atom is 0.0476 e. The SMILES string of the molecule is ClNC1CCc2ccccc21. The van der Waals surface area contributed by atoms with Crippen molar-refractivity contribution in [2.24, 2.45) is 0 Å². The molecule has 11 heavy (non-hydrogen) atoms. The standard InChI is InChI=1S/C9H10ClN/c10-11-9-6-5-7-3-1-2-4-8(7)9/h1-4,9,11H,5-6H2. The van der Waals surface area contributed by atoms with Gasteiger partial charge in [0.05, 0.1) is 0 Å². The molecule has 1 aliphatic rings. The molecule has 0 fully saturated rings. The van der Waals surface area contributed by atoms with E-state index < -0.39 is 0 Å². The van der Waals surface area contributed by atoms with Crippen LogP contribution in [0, 0.1) is 0 Å². The first-order valence-corrected chi connectivity index (χ1v) is 4.23. The molecule has 0 heterocycles. The third kappa shape index (κ3) is 1.15. The van der Waals surface area contributed by atoms with Gasteiger partial charge in [-0.2, -0.15) is 0 Å². The number of rotatable bonds is 1. The highest BCUT2D eigenvalue weighted by molar-refractivity contribution is 6.13. The summed E-state index contributed by atoms with van der Waals surface area (Å²) >= 11 is 5.59. The summed E-state index contributed by atoms with van der Waals surface area (Å²) in [5.41, 5.74) is 2.80. The number of fused-ring (bicyclic) bond motifs is 1. The summed E-state index contributed by atoms with van der Waals surface area (Å²) in [5, 5.41) is 0. The van der Waals surface area contributed by atoms with Crippen LogP contribution in [0.15, 0.2) is 24.3 Å². The van der Waals surface area contributed by atoms with Gasteiger partial charge in [0.15, 0.2) is 0 Å². The number of hydrogen-bond acceptors (Lipinski definition) is 1. The Balaban J connectivity index is 2.39. The zero-order valence-electron chi connectivity index (χ0n) is 6.18. The van der Waals surface area contributed by atoms with Crippen LogP contribution in [0.1, 0.15) is 23.6 Å². The Kier molecular flexibility index (Phi) is 1.84. The van der Waals surface area contributed by atoms with Crippen molar-refractivity contribution >= 4 is 11.8 Å². The first kappa shape index (κ1) is 7.14. The Morgan fingerprint density at radius 3 is 3.00 bits per heavy atom. The molecule has 0 bridgehead atoms. The molecule has 2 rings (SSSR count). The molecule has 0 aliphatic heterocycles. The van der Waals surface area contributed by atoms with E-state index in [2.05, 4.69) is 29.1 Å². The van der Waals surface area contributed by atoms with E-state index in [0.717, 1.165) is 12.8 Å². The minimum absolute atomic E-state index is 0.368. The van der Waals surface area contributed by atoms with Gasteiger partial charge in [0.2, 0.25) is 0 Å². The van der Waals surface area contributed by atoms with Gasteiger partial charge < -0.3 is 0 Å². The van der Waals surface area contributed by atoms with Crippen LogP contribution in [0.3, 0.4) is 0 Å². The molecule has 1 aliphatic carbocycles. The highest BCUT2D eigenvalue weighted by atomic mass is 35.5. The van der Waals surface area contributed by atoms with E-state index in [9.17, 15) is 0 Å². The van der Waals surface area contributed by atoms with Crippen LogP contribution >= 0.6 is 11.8 Å². The molecule has 0 spiro atoms. The zero-order valence-corrected chi connectivity index (χ0v) is 6.93. The first-order chi connectivity index (χ1) is 5.42. The lowest BCUT2D eigenvalue weighted by atomic mass is 10.1. The molecular formula is C9H10ClN. The van der Waals surface area contributed by atoms with Crippen molar-refractivity contribution in [1.29, 1.82) is 0 Å². The van der Waals surface area contributed by atoms with Crippen molar-refractivity contribution in [2.45, 2.75) is 18.9 Å². The molecule has 1 nitrogen and oxygen atoms in total. The maximum atomic E-state index is 5.59. The fourth-order valence-corrected chi connectivity index (χ4v) is 1.90. The molecule has 58 valence electrons. The summed E-state index contributed by atoms with van der Waals surface area (Å²) in [7, 11) is 0. The lowest BCUT2D eigenvalue weighted by Crippen LogP contribution is -2.06.